The molecule has 11 nitrogen and oxygen atoms in total. The Kier molecular flexibility index (Phi) is 25.0. The van der Waals surface area contributed by atoms with Crippen LogP contribution < -0.4 is 16.4 Å². The minimum Gasteiger partial charge on any atom is -0.379 e. The fourth-order valence-corrected chi connectivity index (χ4v) is 5.74. The molecule has 11 heteroatoms. The van der Waals surface area contributed by atoms with Crippen LogP contribution in [-0.2, 0) is 33.3 Å². The van der Waals surface area contributed by atoms with E-state index in [1.54, 1.807) is 4.90 Å². The first kappa shape index (κ1) is 41.2. The first-order valence-corrected chi connectivity index (χ1v) is 17.7. The molecule has 0 aliphatic carbocycles. The molecular weight excluding hydrogens is 576 g/mol. The molecule has 45 heavy (non-hydrogen) atoms. The van der Waals surface area contributed by atoms with Crippen LogP contribution in [0, 0.1) is 11.3 Å². The van der Waals surface area contributed by atoms with Crippen LogP contribution in [0.4, 0.5) is 0 Å². The van der Waals surface area contributed by atoms with Gasteiger partial charge in [0.15, 0.2) is 0 Å². The summed E-state index contributed by atoms with van der Waals surface area (Å²) in [5.74, 6) is 0.398. The van der Waals surface area contributed by atoms with Crippen molar-refractivity contribution in [2.24, 2.45) is 17.1 Å². The van der Waals surface area contributed by atoms with Gasteiger partial charge in [0, 0.05) is 32.5 Å². The largest absolute Gasteiger partial charge is 0.379 e. The van der Waals surface area contributed by atoms with Gasteiger partial charge in [0.05, 0.1) is 59.4 Å². The number of ether oxygens (including phenoxy) is 4. The molecule has 1 fully saturated rings. The third-order valence-electron chi connectivity index (χ3n) is 8.51. The Morgan fingerprint density at radius 3 is 1.91 bits per heavy atom. The zero-order chi connectivity index (χ0) is 33.0. The Morgan fingerprint density at radius 2 is 1.33 bits per heavy atom. The number of nitrogens with one attached hydrogen (secondary N) is 2. The molecule has 0 saturated carbocycles. The summed E-state index contributed by atoms with van der Waals surface area (Å²) >= 11 is 0. The fourth-order valence-electron chi connectivity index (χ4n) is 5.74. The van der Waals surface area contributed by atoms with E-state index < -0.39 is 0 Å². The van der Waals surface area contributed by atoms with Crippen LogP contribution in [0.5, 0.6) is 0 Å². The molecule has 0 radical (unpaired) electrons. The van der Waals surface area contributed by atoms with Gasteiger partial charge in [-0.15, -0.1) is 0 Å². The van der Waals surface area contributed by atoms with Gasteiger partial charge < -0.3 is 40.2 Å². The molecule has 1 aliphatic heterocycles. The highest BCUT2D eigenvalue weighted by molar-refractivity contribution is 5.84. The quantitative estimate of drug-likeness (QED) is 0.101. The average Bonchev–Trinajstić information content (AvgIpc) is 3.47. The van der Waals surface area contributed by atoms with Crippen LogP contribution in [0.3, 0.4) is 0 Å². The standard InChI is InChI=1S/C34H66N4O7/c1-4-6-9-15-34(29-35,14-5-2)16-10-7-8-11-31(39)36-17-20-43-22-24-45-26-25-44-23-21-42-19-13-32(40)37-27-33(41)38-18-12-30(3)28-38/h30H,4-29,35H2,1-3H3,(H,36,39)(H,37,40). The molecule has 1 heterocycles. The number of likely N-dealkylation sites (tertiary alicyclic amines) is 1. The summed E-state index contributed by atoms with van der Waals surface area (Å²) in [4.78, 5) is 37.8. The van der Waals surface area contributed by atoms with Crippen molar-refractivity contribution in [1.29, 1.82) is 0 Å². The van der Waals surface area contributed by atoms with Gasteiger partial charge in [-0.1, -0.05) is 59.3 Å². The molecule has 264 valence electrons. The minimum absolute atomic E-state index is 0.0263. The van der Waals surface area contributed by atoms with Gasteiger partial charge in [-0.2, -0.15) is 0 Å². The maximum atomic E-state index is 12.1. The molecule has 4 N–H and O–H groups in total. The summed E-state index contributed by atoms with van der Waals surface area (Å²) in [5, 5.41) is 5.59. The van der Waals surface area contributed by atoms with Crippen LogP contribution in [0.1, 0.15) is 104 Å². The Bertz CT molecular complexity index is 773. The number of carbonyl (C=O) groups excluding carboxylic acids is 3. The van der Waals surface area contributed by atoms with Gasteiger partial charge in [-0.05, 0) is 50.0 Å². The summed E-state index contributed by atoms with van der Waals surface area (Å²) in [6.45, 7) is 12.9. The molecular formula is C34H66N4O7. The Labute approximate surface area is 273 Å². The number of carbonyl (C=O) groups is 3. The number of amides is 3. The second-order valence-electron chi connectivity index (χ2n) is 12.5. The maximum Gasteiger partial charge on any atom is 0.241 e. The molecule has 2 atom stereocenters. The highest BCUT2D eigenvalue weighted by Crippen LogP contribution is 2.35. The third kappa shape index (κ3) is 21.6. The van der Waals surface area contributed by atoms with E-state index >= 15 is 0 Å². The Hall–Kier alpha value is -1.79. The summed E-state index contributed by atoms with van der Waals surface area (Å²) < 4.78 is 21.9. The molecule has 1 aliphatic rings. The normalized spacial score (nSPS) is 16.1. The van der Waals surface area contributed by atoms with Crippen LogP contribution in [0.2, 0.25) is 0 Å². The van der Waals surface area contributed by atoms with Crippen LogP contribution in [0.25, 0.3) is 0 Å². The zero-order valence-electron chi connectivity index (χ0n) is 28.8. The SMILES string of the molecule is CCCCCC(CN)(CCC)CCCCCC(=O)NCCOCCOCCOCCOCCC(=O)NCC(=O)N1CCC(C)C1. The number of rotatable bonds is 30. The predicted octanol–water partition coefficient (Wildman–Crippen LogP) is 3.82. The molecule has 0 aromatic heterocycles. The number of unbranched alkanes of at least 4 members (excludes halogenated alkanes) is 4. The van der Waals surface area contributed by atoms with E-state index in [2.05, 4.69) is 31.4 Å². The van der Waals surface area contributed by atoms with Crippen molar-refractivity contribution in [3.05, 3.63) is 0 Å². The lowest BCUT2D eigenvalue weighted by molar-refractivity contribution is -0.132. The first-order chi connectivity index (χ1) is 21.9. The van der Waals surface area contributed by atoms with Crippen molar-refractivity contribution in [2.45, 2.75) is 104 Å². The lowest BCUT2D eigenvalue weighted by Crippen LogP contribution is -2.39. The predicted molar refractivity (Wildman–Crippen MR) is 178 cm³/mol. The van der Waals surface area contributed by atoms with Gasteiger partial charge in [0.2, 0.25) is 17.7 Å². The molecule has 1 rings (SSSR count). The van der Waals surface area contributed by atoms with E-state index in [1.165, 1.54) is 44.9 Å². The number of nitrogens with zero attached hydrogens (tertiary/aromatic N) is 1. The summed E-state index contributed by atoms with van der Waals surface area (Å²) in [7, 11) is 0. The molecule has 3 amide bonds. The monoisotopic (exact) mass is 642 g/mol. The van der Waals surface area contributed by atoms with Crippen LogP contribution >= 0.6 is 0 Å². The maximum absolute atomic E-state index is 12.1. The van der Waals surface area contributed by atoms with Gasteiger partial charge in [-0.3, -0.25) is 14.4 Å². The zero-order valence-corrected chi connectivity index (χ0v) is 28.8. The van der Waals surface area contributed by atoms with Gasteiger partial charge in [0.25, 0.3) is 0 Å². The Balaban J connectivity index is 1.85. The number of hydrogen-bond acceptors (Lipinski definition) is 8. The summed E-state index contributed by atoms with van der Waals surface area (Å²) in [6, 6.07) is 0. The van der Waals surface area contributed by atoms with Crippen molar-refractivity contribution in [2.75, 3.05) is 85.6 Å². The average molecular weight is 643 g/mol. The molecule has 0 bridgehead atoms. The molecule has 1 saturated heterocycles. The van der Waals surface area contributed by atoms with E-state index in [-0.39, 0.29) is 42.7 Å². The number of nitrogens with two attached hydrogens (primary N) is 1. The Morgan fingerprint density at radius 1 is 0.733 bits per heavy atom. The highest BCUT2D eigenvalue weighted by Gasteiger charge is 2.26. The van der Waals surface area contributed by atoms with E-state index in [1.807, 2.05) is 0 Å². The van der Waals surface area contributed by atoms with Crippen molar-refractivity contribution in [3.63, 3.8) is 0 Å². The van der Waals surface area contributed by atoms with E-state index in [9.17, 15) is 14.4 Å². The van der Waals surface area contributed by atoms with E-state index in [0.29, 0.717) is 65.1 Å². The molecule has 0 spiro atoms. The highest BCUT2D eigenvalue weighted by atomic mass is 16.6. The van der Waals surface area contributed by atoms with Crippen molar-refractivity contribution >= 4 is 17.7 Å². The first-order valence-electron chi connectivity index (χ1n) is 17.7. The van der Waals surface area contributed by atoms with E-state index in [4.69, 9.17) is 24.7 Å². The third-order valence-corrected chi connectivity index (χ3v) is 8.51. The van der Waals surface area contributed by atoms with Gasteiger partial charge >= 0.3 is 0 Å². The number of hydrogen-bond donors (Lipinski definition) is 3. The fraction of sp³-hybridized carbons (Fsp3) is 0.912. The summed E-state index contributed by atoms with van der Waals surface area (Å²) in [6.07, 6.45) is 13.5. The summed E-state index contributed by atoms with van der Waals surface area (Å²) in [5.41, 5.74) is 6.49. The molecule has 0 aromatic carbocycles. The van der Waals surface area contributed by atoms with Crippen molar-refractivity contribution in [1.82, 2.24) is 15.5 Å². The lowest BCUT2D eigenvalue weighted by atomic mass is 9.74. The van der Waals surface area contributed by atoms with Crippen LogP contribution in [-0.4, -0.2) is 108 Å². The minimum atomic E-state index is -0.189. The lowest BCUT2D eigenvalue weighted by Gasteiger charge is -2.33. The van der Waals surface area contributed by atoms with Gasteiger partial charge in [0.1, 0.15) is 0 Å². The molecule has 2 unspecified atom stereocenters. The van der Waals surface area contributed by atoms with E-state index in [0.717, 1.165) is 45.3 Å². The van der Waals surface area contributed by atoms with Gasteiger partial charge in [-0.25, -0.2) is 0 Å². The second kappa shape index (κ2) is 27.3. The molecule has 0 aromatic rings. The van der Waals surface area contributed by atoms with Crippen molar-refractivity contribution < 1.29 is 33.3 Å². The topological polar surface area (TPSA) is 141 Å². The smallest absolute Gasteiger partial charge is 0.241 e. The van der Waals surface area contributed by atoms with Crippen molar-refractivity contribution in [3.8, 4) is 0 Å². The second-order valence-corrected chi connectivity index (χ2v) is 12.5. The van der Waals surface area contributed by atoms with Crippen LogP contribution in [0.15, 0.2) is 0 Å².